The summed E-state index contributed by atoms with van der Waals surface area (Å²) in [7, 11) is -3.59. The van der Waals surface area contributed by atoms with E-state index in [4.69, 9.17) is 8.92 Å². The van der Waals surface area contributed by atoms with Gasteiger partial charge >= 0.3 is 16.1 Å². The average Bonchev–Trinajstić information content (AvgIpc) is 2.65. The van der Waals surface area contributed by atoms with Crippen LogP contribution in [0.15, 0.2) is 54.6 Å². The zero-order chi connectivity index (χ0) is 21.3. The molecule has 2 aromatic carbocycles. The minimum Gasteiger partial charge on any atom is -0.461 e. The third-order valence-electron chi connectivity index (χ3n) is 4.03. The molecule has 156 valence electrons. The molecular weight excluding hydrogens is 394 g/mol. The minimum atomic E-state index is -3.59. The Balaban J connectivity index is 1.95. The van der Waals surface area contributed by atoms with Crippen LogP contribution in [0.1, 0.15) is 24.5 Å². The topological polar surface area (TPSA) is 98.8 Å². The molecule has 2 rings (SSSR count). The molecule has 2 aromatic rings. The van der Waals surface area contributed by atoms with Crippen molar-refractivity contribution in [1.82, 2.24) is 5.32 Å². The number of hydrogen-bond donors (Lipinski definition) is 1. The molecule has 0 aliphatic rings. The Morgan fingerprint density at radius 1 is 1.00 bits per heavy atom. The third-order valence-corrected chi connectivity index (χ3v) is 4.53. The van der Waals surface area contributed by atoms with E-state index in [1.807, 2.05) is 30.3 Å². The average molecular weight is 419 g/mol. The highest BCUT2D eigenvalue weighted by Crippen LogP contribution is 2.18. The van der Waals surface area contributed by atoms with Gasteiger partial charge in [-0.1, -0.05) is 42.5 Å². The number of ether oxygens (including phenoxy) is 1. The van der Waals surface area contributed by atoms with Gasteiger partial charge in [-0.3, -0.25) is 9.59 Å². The van der Waals surface area contributed by atoms with Gasteiger partial charge in [0.1, 0.15) is 12.4 Å². The molecule has 0 aliphatic carbocycles. The minimum absolute atomic E-state index is 0.148. The van der Waals surface area contributed by atoms with E-state index in [9.17, 15) is 18.0 Å². The van der Waals surface area contributed by atoms with Crippen molar-refractivity contribution in [3.05, 3.63) is 65.7 Å². The lowest BCUT2D eigenvalue weighted by Crippen LogP contribution is -2.30. The first-order valence-electron chi connectivity index (χ1n) is 9.13. The highest BCUT2D eigenvalue weighted by molar-refractivity contribution is 7.86. The summed E-state index contributed by atoms with van der Waals surface area (Å²) in [6, 6.07) is 16.0. The first-order valence-corrected chi connectivity index (χ1v) is 11.0. The second-order valence-electron chi connectivity index (χ2n) is 6.79. The van der Waals surface area contributed by atoms with E-state index < -0.39 is 10.1 Å². The van der Waals surface area contributed by atoms with E-state index in [0.717, 1.165) is 17.4 Å². The SMILES string of the molecule is CC(=O)NCC(CC(=O)OCc1ccccc1)Cc1ccc(OS(C)(=O)=O)cc1. The molecule has 0 aromatic heterocycles. The molecule has 0 aliphatic heterocycles. The zero-order valence-corrected chi connectivity index (χ0v) is 17.3. The van der Waals surface area contributed by atoms with E-state index in [0.29, 0.717) is 13.0 Å². The smallest absolute Gasteiger partial charge is 0.306 e. The maximum Gasteiger partial charge on any atom is 0.306 e. The van der Waals surface area contributed by atoms with Gasteiger partial charge in [-0.2, -0.15) is 8.42 Å². The lowest BCUT2D eigenvalue weighted by molar-refractivity contribution is -0.146. The summed E-state index contributed by atoms with van der Waals surface area (Å²) in [6.07, 6.45) is 1.64. The normalized spacial score (nSPS) is 12.1. The Hall–Kier alpha value is -2.87. The van der Waals surface area contributed by atoms with Crippen LogP contribution in [0, 0.1) is 5.92 Å². The molecule has 0 spiro atoms. The van der Waals surface area contributed by atoms with Crippen LogP contribution in [0.25, 0.3) is 0 Å². The molecule has 0 bridgehead atoms. The van der Waals surface area contributed by atoms with Crippen LogP contribution in [0.2, 0.25) is 0 Å². The lowest BCUT2D eigenvalue weighted by Gasteiger charge is -2.17. The fourth-order valence-corrected chi connectivity index (χ4v) is 3.19. The van der Waals surface area contributed by atoms with E-state index in [2.05, 4.69) is 5.32 Å². The van der Waals surface area contributed by atoms with Crippen LogP contribution in [0.4, 0.5) is 0 Å². The Kier molecular flexibility index (Phi) is 8.21. The molecule has 1 unspecified atom stereocenters. The highest BCUT2D eigenvalue weighted by atomic mass is 32.2. The summed E-state index contributed by atoms with van der Waals surface area (Å²) in [4.78, 5) is 23.5. The highest BCUT2D eigenvalue weighted by Gasteiger charge is 2.17. The van der Waals surface area contributed by atoms with Crippen molar-refractivity contribution in [1.29, 1.82) is 0 Å². The number of benzene rings is 2. The number of carbonyl (C=O) groups excluding carboxylic acids is 2. The molecule has 7 nitrogen and oxygen atoms in total. The van der Waals surface area contributed by atoms with Crippen LogP contribution in [0.5, 0.6) is 5.75 Å². The Bertz CT molecular complexity index is 910. The van der Waals surface area contributed by atoms with Crippen molar-refractivity contribution in [3.8, 4) is 5.75 Å². The molecule has 29 heavy (non-hydrogen) atoms. The van der Waals surface area contributed by atoms with Gasteiger partial charge < -0.3 is 14.2 Å². The second-order valence-corrected chi connectivity index (χ2v) is 8.36. The van der Waals surface area contributed by atoms with Gasteiger partial charge in [0, 0.05) is 13.5 Å². The first kappa shape index (κ1) is 22.4. The number of rotatable bonds is 10. The molecule has 0 heterocycles. The summed E-state index contributed by atoms with van der Waals surface area (Å²) in [6.45, 7) is 1.95. The number of amides is 1. The van der Waals surface area contributed by atoms with Crippen LogP contribution in [-0.2, 0) is 37.5 Å². The van der Waals surface area contributed by atoms with Crippen LogP contribution >= 0.6 is 0 Å². The molecule has 8 heteroatoms. The van der Waals surface area contributed by atoms with Crippen molar-refractivity contribution in [2.45, 2.75) is 26.4 Å². The summed E-state index contributed by atoms with van der Waals surface area (Å²) < 4.78 is 32.5. The molecule has 0 saturated carbocycles. The molecule has 0 fully saturated rings. The van der Waals surface area contributed by atoms with Crippen LogP contribution in [-0.4, -0.2) is 33.1 Å². The maximum absolute atomic E-state index is 12.3. The Morgan fingerprint density at radius 2 is 1.66 bits per heavy atom. The van der Waals surface area contributed by atoms with Crippen molar-refractivity contribution in [2.24, 2.45) is 5.92 Å². The van der Waals surface area contributed by atoms with Crippen molar-refractivity contribution < 1.29 is 26.9 Å². The molecule has 1 atom stereocenters. The largest absolute Gasteiger partial charge is 0.461 e. The summed E-state index contributed by atoms with van der Waals surface area (Å²) in [5.41, 5.74) is 1.79. The van der Waals surface area contributed by atoms with Crippen LogP contribution < -0.4 is 9.50 Å². The Labute approximate surface area is 171 Å². The molecule has 0 saturated heterocycles. The fourth-order valence-electron chi connectivity index (χ4n) is 2.73. The van der Waals surface area contributed by atoms with Gasteiger partial charge in [-0.05, 0) is 35.6 Å². The Morgan fingerprint density at radius 3 is 2.24 bits per heavy atom. The second kappa shape index (κ2) is 10.6. The number of hydrogen-bond acceptors (Lipinski definition) is 6. The van der Waals surface area contributed by atoms with E-state index in [1.165, 1.54) is 6.92 Å². The van der Waals surface area contributed by atoms with E-state index >= 15 is 0 Å². The zero-order valence-electron chi connectivity index (χ0n) is 16.5. The fraction of sp³-hybridized carbons (Fsp3) is 0.333. The predicted molar refractivity (Wildman–Crippen MR) is 109 cm³/mol. The van der Waals surface area contributed by atoms with Gasteiger partial charge in [0.2, 0.25) is 5.91 Å². The number of carbonyl (C=O) groups is 2. The maximum atomic E-state index is 12.3. The predicted octanol–water partition coefficient (Wildman–Crippen LogP) is 2.45. The van der Waals surface area contributed by atoms with Gasteiger partial charge in [0.25, 0.3) is 0 Å². The van der Waals surface area contributed by atoms with Gasteiger partial charge in [0.05, 0.1) is 12.7 Å². The van der Waals surface area contributed by atoms with Gasteiger partial charge in [-0.15, -0.1) is 0 Å². The lowest BCUT2D eigenvalue weighted by atomic mass is 9.96. The molecular formula is C21H25NO6S. The van der Waals surface area contributed by atoms with Gasteiger partial charge in [0.15, 0.2) is 0 Å². The molecule has 1 N–H and O–H groups in total. The standard InChI is InChI=1S/C21H25NO6S/c1-16(23)22-14-19(13-21(24)27-15-18-6-4-3-5-7-18)12-17-8-10-20(11-9-17)28-29(2,25)26/h3-11,19H,12-15H2,1-2H3,(H,22,23). The van der Waals surface area contributed by atoms with E-state index in [-0.39, 0.29) is 36.6 Å². The molecule has 1 amide bonds. The quantitative estimate of drug-likeness (QED) is 0.469. The monoisotopic (exact) mass is 419 g/mol. The first-order chi connectivity index (χ1) is 13.7. The third kappa shape index (κ3) is 9.25. The van der Waals surface area contributed by atoms with Crippen molar-refractivity contribution >= 4 is 22.0 Å². The van der Waals surface area contributed by atoms with Crippen LogP contribution in [0.3, 0.4) is 0 Å². The van der Waals surface area contributed by atoms with Gasteiger partial charge in [-0.25, -0.2) is 0 Å². The summed E-state index contributed by atoms with van der Waals surface area (Å²) >= 11 is 0. The van der Waals surface area contributed by atoms with Crippen molar-refractivity contribution in [3.63, 3.8) is 0 Å². The number of nitrogens with one attached hydrogen (secondary N) is 1. The number of esters is 1. The van der Waals surface area contributed by atoms with Crippen molar-refractivity contribution in [2.75, 3.05) is 12.8 Å². The molecule has 0 radical (unpaired) electrons. The summed E-state index contributed by atoms with van der Waals surface area (Å²) in [5, 5.41) is 2.74. The van der Waals surface area contributed by atoms with E-state index in [1.54, 1.807) is 24.3 Å². The summed E-state index contributed by atoms with van der Waals surface area (Å²) in [5.74, 6) is -0.466.